The van der Waals surface area contributed by atoms with Crippen LogP contribution < -0.4 is 5.32 Å². The van der Waals surface area contributed by atoms with E-state index in [-0.39, 0.29) is 18.0 Å². The highest BCUT2D eigenvalue weighted by molar-refractivity contribution is 6.32. The number of benzene rings is 1. The lowest BCUT2D eigenvalue weighted by Gasteiger charge is -2.50. The second kappa shape index (κ2) is 9.12. The first-order valence-electron chi connectivity index (χ1n) is 11.7. The van der Waals surface area contributed by atoms with E-state index >= 15 is 4.39 Å². The third-order valence-electron chi connectivity index (χ3n) is 6.79. The van der Waals surface area contributed by atoms with E-state index in [1.165, 1.54) is 4.68 Å². The number of rotatable bonds is 6. The van der Waals surface area contributed by atoms with Crippen molar-refractivity contribution in [2.45, 2.75) is 57.0 Å². The van der Waals surface area contributed by atoms with Gasteiger partial charge in [0.2, 0.25) is 5.95 Å². The summed E-state index contributed by atoms with van der Waals surface area (Å²) in [5, 5.41) is 19.0. The van der Waals surface area contributed by atoms with Gasteiger partial charge in [0, 0.05) is 29.1 Å². The van der Waals surface area contributed by atoms with Crippen LogP contribution in [0.1, 0.15) is 38.7 Å². The van der Waals surface area contributed by atoms with Gasteiger partial charge in [-0.1, -0.05) is 23.2 Å². The van der Waals surface area contributed by atoms with Crippen LogP contribution in [0.25, 0.3) is 10.9 Å². The standard InChI is InChI=1S/C24H29Cl2FN6O2/c1-23(2,34)11-33-21(26)20(9-29-33)31-22-28-8-14-6-17(25)16(7-19(14)30-22)15-4-5-32(10-18(15)27)24(3)12-35-13-24/h6-9,15,18,34H,4-5,10-13H2,1-3H3,(H,28,30,31). The number of nitrogens with zero attached hydrogens (tertiary/aromatic N) is 5. The molecule has 2 fully saturated rings. The van der Waals surface area contributed by atoms with E-state index in [1.807, 2.05) is 6.07 Å². The molecule has 5 rings (SSSR count). The fraction of sp³-hybridized carbons (Fsp3) is 0.542. The highest BCUT2D eigenvalue weighted by Gasteiger charge is 2.44. The molecular formula is C24H29Cl2FN6O2. The first-order chi connectivity index (χ1) is 16.5. The number of halogens is 3. The molecule has 3 aromatic rings. The molecule has 2 saturated heterocycles. The lowest BCUT2D eigenvalue weighted by molar-refractivity contribution is -0.143. The van der Waals surface area contributed by atoms with Crippen molar-refractivity contribution in [1.29, 1.82) is 0 Å². The van der Waals surface area contributed by atoms with Gasteiger partial charge in [-0.25, -0.2) is 19.0 Å². The molecule has 35 heavy (non-hydrogen) atoms. The number of fused-ring (bicyclic) bond motifs is 1. The number of anilines is 2. The molecule has 0 saturated carbocycles. The van der Waals surface area contributed by atoms with Crippen LogP contribution >= 0.6 is 23.2 Å². The molecule has 2 aliphatic rings. The van der Waals surface area contributed by atoms with Gasteiger partial charge in [-0.15, -0.1) is 0 Å². The van der Waals surface area contributed by atoms with E-state index in [2.05, 4.69) is 32.2 Å². The summed E-state index contributed by atoms with van der Waals surface area (Å²) in [6, 6.07) is 3.66. The van der Waals surface area contributed by atoms with Gasteiger partial charge in [0.05, 0.1) is 48.3 Å². The third-order valence-corrected chi connectivity index (χ3v) is 7.51. The first kappa shape index (κ1) is 24.6. The average Bonchev–Trinajstić information content (AvgIpc) is 3.09. The largest absolute Gasteiger partial charge is 0.389 e. The molecule has 188 valence electrons. The van der Waals surface area contributed by atoms with Crippen LogP contribution in [0.5, 0.6) is 0 Å². The van der Waals surface area contributed by atoms with Crippen molar-refractivity contribution in [2.24, 2.45) is 0 Å². The summed E-state index contributed by atoms with van der Waals surface area (Å²) in [6.07, 6.45) is 2.87. The lowest BCUT2D eigenvalue weighted by Crippen LogP contribution is -2.63. The predicted molar refractivity (Wildman–Crippen MR) is 134 cm³/mol. The van der Waals surface area contributed by atoms with Gasteiger partial charge in [-0.05, 0) is 51.4 Å². The van der Waals surface area contributed by atoms with Gasteiger partial charge in [-0.3, -0.25) is 4.90 Å². The van der Waals surface area contributed by atoms with Gasteiger partial charge >= 0.3 is 0 Å². The number of ether oxygens (including phenoxy) is 1. The zero-order chi connectivity index (χ0) is 25.0. The Hall–Kier alpha value is -2.04. The van der Waals surface area contributed by atoms with E-state index in [1.54, 1.807) is 32.3 Å². The fourth-order valence-electron chi connectivity index (χ4n) is 4.79. The van der Waals surface area contributed by atoms with E-state index in [0.717, 1.165) is 17.5 Å². The maximum atomic E-state index is 15.4. The van der Waals surface area contributed by atoms with E-state index in [0.29, 0.717) is 53.5 Å². The number of hydrogen-bond donors (Lipinski definition) is 2. The lowest BCUT2D eigenvalue weighted by atomic mass is 9.84. The average molecular weight is 523 g/mol. The normalized spacial score (nSPS) is 22.8. The minimum absolute atomic E-state index is 0.0711. The monoisotopic (exact) mass is 522 g/mol. The Labute approximate surface area is 213 Å². The van der Waals surface area contributed by atoms with Crippen molar-refractivity contribution >= 4 is 45.7 Å². The molecule has 2 aliphatic heterocycles. The summed E-state index contributed by atoms with van der Waals surface area (Å²) >= 11 is 13.0. The van der Waals surface area contributed by atoms with Crippen molar-refractivity contribution in [3.8, 4) is 0 Å². The van der Waals surface area contributed by atoms with Crippen molar-refractivity contribution in [3.63, 3.8) is 0 Å². The molecule has 0 spiro atoms. The molecule has 0 radical (unpaired) electrons. The number of aliphatic hydroxyl groups is 1. The molecule has 8 nitrogen and oxygen atoms in total. The Morgan fingerprint density at radius 1 is 1.29 bits per heavy atom. The predicted octanol–water partition coefficient (Wildman–Crippen LogP) is 4.56. The Balaban J connectivity index is 1.37. The third kappa shape index (κ3) is 4.97. The van der Waals surface area contributed by atoms with Crippen molar-refractivity contribution in [3.05, 3.63) is 40.3 Å². The Bertz CT molecular complexity index is 1240. The number of alkyl halides is 1. The van der Waals surface area contributed by atoms with Gasteiger partial charge in [0.1, 0.15) is 6.17 Å². The van der Waals surface area contributed by atoms with E-state index in [4.69, 9.17) is 27.9 Å². The summed E-state index contributed by atoms with van der Waals surface area (Å²) in [7, 11) is 0. The minimum Gasteiger partial charge on any atom is -0.389 e. The van der Waals surface area contributed by atoms with Crippen LogP contribution in [0.2, 0.25) is 10.2 Å². The quantitative estimate of drug-likeness (QED) is 0.490. The second-order valence-electron chi connectivity index (χ2n) is 10.4. The smallest absolute Gasteiger partial charge is 0.227 e. The van der Waals surface area contributed by atoms with Crippen LogP contribution in [0.3, 0.4) is 0 Å². The zero-order valence-corrected chi connectivity index (χ0v) is 21.4. The van der Waals surface area contributed by atoms with Crippen LogP contribution in [-0.2, 0) is 11.3 Å². The molecule has 11 heteroatoms. The Morgan fingerprint density at radius 3 is 2.71 bits per heavy atom. The van der Waals surface area contributed by atoms with E-state index < -0.39 is 11.8 Å². The zero-order valence-electron chi connectivity index (χ0n) is 19.9. The summed E-state index contributed by atoms with van der Waals surface area (Å²) in [6.45, 7) is 8.18. The van der Waals surface area contributed by atoms with Crippen LogP contribution in [0.4, 0.5) is 16.0 Å². The molecule has 0 bridgehead atoms. The molecule has 0 amide bonds. The Kier molecular flexibility index (Phi) is 6.42. The number of piperidine rings is 1. The molecule has 2 aromatic heterocycles. The second-order valence-corrected chi connectivity index (χ2v) is 11.2. The molecule has 2 unspecified atom stereocenters. The van der Waals surface area contributed by atoms with Gasteiger partial charge in [0.15, 0.2) is 5.15 Å². The first-order valence-corrected chi connectivity index (χ1v) is 12.4. The molecule has 4 heterocycles. The van der Waals surface area contributed by atoms with Crippen molar-refractivity contribution in [2.75, 3.05) is 31.6 Å². The van der Waals surface area contributed by atoms with Crippen LogP contribution in [0.15, 0.2) is 24.5 Å². The topological polar surface area (TPSA) is 88.3 Å². The fourth-order valence-corrected chi connectivity index (χ4v) is 5.30. The molecular weight excluding hydrogens is 494 g/mol. The van der Waals surface area contributed by atoms with Gasteiger partial charge in [0.25, 0.3) is 0 Å². The number of likely N-dealkylation sites (tertiary alicyclic amines) is 1. The SMILES string of the molecule is CC(C)(O)Cn1ncc(Nc2ncc3cc(Cl)c(C4CCN(C5(C)COC5)CC4F)cc3n2)c1Cl. The molecule has 1 aromatic carbocycles. The highest BCUT2D eigenvalue weighted by atomic mass is 35.5. The summed E-state index contributed by atoms with van der Waals surface area (Å²) in [5.74, 6) is 0.0358. The minimum atomic E-state index is -1.03. The van der Waals surface area contributed by atoms with Gasteiger partial charge < -0.3 is 15.2 Å². The molecule has 0 aliphatic carbocycles. The Morgan fingerprint density at radius 2 is 2.06 bits per heavy atom. The summed E-state index contributed by atoms with van der Waals surface area (Å²) < 4.78 is 22.2. The van der Waals surface area contributed by atoms with Crippen LogP contribution in [0, 0.1) is 0 Å². The molecule has 2 atom stereocenters. The number of aromatic nitrogens is 4. The van der Waals surface area contributed by atoms with Crippen molar-refractivity contribution < 1.29 is 14.2 Å². The molecule has 2 N–H and O–H groups in total. The number of nitrogens with one attached hydrogen (secondary N) is 1. The van der Waals surface area contributed by atoms with Crippen LogP contribution in [-0.4, -0.2) is 73.4 Å². The van der Waals surface area contributed by atoms with Gasteiger partial charge in [-0.2, -0.15) is 5.10 Å². The summed E-state index contributed by atoms with van der Waals surface area (Å²) in [4.78, 5) is 11.2. The van der Waals surface area contributed by atoms with Crippen molar-refractivity contribution in [1.82, 2.24) is 24.6 Å². The summed E-state index contributed by atoms with van der Waals surface area (Å²) in [5.41, 5.74) is 0.917. The highest BCUT2D eigenvalue weighted by Crippen LogP contribution is 2.39. The maximum absolute atomic E-state index is 15.4. The maximum Gasteiger partial charge on any atom is 0.227 e. The number of hydrogen-bond acceptors (Lipinski definition) is 7. The van der Waals surface area contributed by atoms with E-state index in [9.17, 15) is 5.11 Å².